The molecule has 0 aliphatic rings. The van der Waals surface area contributed by atoms with Crippen LogP contribution in [0.5, 0.6) is 5.75 Å². The van der Waals surface area contributed by atoms with Crippen molar-refractivity contribution in [1.82, 2.24) is 0 Å². The molecular weight excluding hydrogens is 645 g/mol. The van der Waals surface area contributed by atoms with Crippen LogP contribution < -0.4 is 4.74 Å². The average molecular weight is 662 g/mol. The van der Waals surface area contributed by atoms with Crippen molar-refractivity contribution in [2.24, 2.45) is 0 Å². The second-order valence-electron chi connectivity index (χ2n) is 10.3. The van der Waals surface area contributed by atoms with Crippen molar-refractivity contribution < 1.29 is 53.0 Å². The van der Waals surface area contributed by atoms with Gasteiger partial charge in [0.25, 0.3) is 0 Å². The predicted molar refractivity (Wildman–Crippen MR) is 150 cm³/mol. The Morgan fingerprint density at radius 1 is 0.553 bits per heavy atom. The molecule has 0 bridgehead atoms. The smallest absolute Gasteiger partial charge is 0.429 e. The van der Waals surface area contributed by atoms with Crippen molar-refractivity contribution >= 4 is 0 Å². The number of alkyl halides is 2. The second kappa shape index (κ2) is 12.5. The molecule has 47 heavy (non-hydrogen) atoms. The summed E-state index contributed by atoms with van der Waals surface area (Å²) in [5.74, 6) is -9.76. The van der Waals surface area contributed by atoms with Crippen LogP contribution in [0.3, 0.4) is 0 Å². The molecule has 0 heterocycles. The van der Waals surface area contributed by atoms with Crippen LogP contribution >= 0.6 is 0 Å². The standard InChI is InChI=1S/C35H17F11O/c1-16-3-5-23(24(36)7-16)19-11-28(40)33(29(41)12-19)35(45,46)47-21-8-17(2)22(25(37)15-21)6-4-18-9-26(38)32(27(39)10-18)20-13-30(42)34(44)31(43)14-20/h3,5,7-15H,1-2H3. The number of hydrogen-bond acceptors (Lipinski definition) is 1. The zero-order valence-electron chi connectivity index (χ0n) is 23.9. The highest BCUT2D eigenvalue weighted by Crippen LogP contribution is 2.38. The molecule has 0 radical (unpaired) electrons. The number of rotatable bonds is 5. The van der Waals surface area contributed by atoms with Crippen molar-refractivity contribution in [3.63, 3.8) is 0 Å². The lowest BCUT2D eigenvalue weighted by Gasteiger charge is -2.20. The first kappa shape index (κ1) is 33.1. The highest BCUT2D eigenvalue weighted by molar-refractivity contribution is 5.67. The number of benzene rings is 5. The van der Waals surface area contributed by atoms with Gasteiger partial charge in [0.15, 0.2) is 17.5 Å². The van der Waals surface area contributed by atoms with E-state index < -0.39 is 86.5 Å². The van der Waals surface area contributed by atoms with Gasteiger partial charge in [-0.2, -0.15) is 8.78 Å². The van der Waals surface area contributed by atoms with Crippen molar-refractivity contribution in [3.05, 3.63) is 147 Å². The van der Waals surface area contributed by atoms with E-state index in [0.29, 0.717) is 48.0 Å². The molecule has 5 aromatic carbocycles. The van der Waals surface area contributed by atoms with Gasteiger partial charge in [0.2, 0.25) is 0 Å². The minimum absolute atomic E-state index is 0.121. The molecule has 0 unspecified atom stereocenters. The second-order valence-corrected chi connectivity index (χ2v) is 10.3. The van der Waals surface area contributed by atoms with E-state index in [4.69, 9.17) is 0 Å². The van der Waals surface area contributed by atoms with Crippen LogP contribution in [0.15, 0.2) is 66.7 Å². The van der Waals surface area contributed by atoms with Gasteiger partial charge in [-0.3, -0.25) is 0 Å². The molecule has 0 spiro atoms. The third-order valence-electron chi connectivity index (χ3n) is 6.92. The quantitative estimate of drug-likeness (QED) is 0.103. The topological polar surface area (TPSA) is 9.23 Å². The minimum atomic E-state index is -4.67. The van der Waals surface area contributed by atoms with Crippen LogP contribution in [-0.4, -0.2) is 0 Å². The summed E-state index contributed by atoms with van der Waals surface area (Å²) in [4.78, 5) is 0. The molecule has 1 nitrogen and oxygen atoms in total. The molecular formula is C35H17F11O. The molecule has 0 aliphatic heterocycles. The van der Waals surface area contributed by atoms with Crippen LogP contribution in [0.2, 0.25) is 0 Å². The summed E-state index contributed by atoms with van der Waals surface area (Å²) in [5, 5.41) is 0. The van der Waals surface area contributed by atoms with E-state index in [9.17, 15) is 39.5 Å². The molecule has 5 rings (SSSR count). The lowest BCUT2D eigenvalue weighted by Crippen LogP contribution is -2.25. The molecule has 0 amide bonds. The monoisotopic (exact) mass is 662 g/mol. The molecule has 0 aliphatic carbocycles. The summed E-state index contributed by atoms with van der Waals surface area (Å²) in [7, 11) is 0. The Hall–Kier alpha value is -5.31. The molecule has 5 aromatic rings. The van der Waals surface area contributed by atoms with E-state index >= 15 is 8.78 Å². The molecule has 0 aromatic heterocycles. The van der Waals surface area contributed by atoms with E-state index in [1.165, 1.54) is 19.1 Å². The fraction of sp³-hybridized carbons (Fsp3) is 0.0857. The molecule has 12 heteroatoms. The maximum absolute atomic E-state index is 15.0. The normalized spacial score (nSPS) is 11.3. The van der Waals surface area contributed by atoms with E-state index in [2.05, 4.69) is 16.6 Å². The first-order chi connectivity index (χ1) is 22.0. The number of ether oxygens (including phenoxy) is 1. The Morgan fingerprint density at radius 2 is 1.13 bits per heavy atom. The maximum atomic E-state index is 15.0. The van der Waals surface area contributed by atoms with Gasteiger partial charge in [0, 0.05) is 17.2 Å². The lowest BCUT2D eigenvalue weighted by atomic mass is 10.0. The van der Waals surface area contributed by atoms with Crippen LogP contribution in [0.4, 0.5) is 48.3 Å². The van der Waals surface area contributed by atoms with Gasteiger partial charge in [-0.15, -0.1) is 0 Å². The van der Waals surface area contributed by atoms with Gasteiger partial charge >= 0.3 is 6.11 Å². The largest absolute Gasteiger partial charge is 0.432 e. The lowest BCUT2D eigenvalue weighted by molar-refractivity contribution is -0.189. The van der Waals surface area contributed by atoms with Crippen LogP contribution in [0, 0.1) is 78.0 Å². The predicted octanol–water partition coefficient (Wildman–Crippen LogP) is 10.4. The zero-order valence-corrected chi connectivity index (χ0v) is 23.9. The number of halogens is 11. The summed E-state index contributed by atoms with van der Waals surface area (Å²) in [6.45, 7) is 2.79. The molecule has 0 atom stereocenters. The Morgan fingerprint density at radius 3 is 1.68 bits per heavy atom. The van der Waals surface area contributed by atoms with Gasteiger partial charge < -0.3 is 4.74 Å². The first-order valence-corrected chi connectivity index (χ1v) is 13.3. The van der Waals surface area contributed by atoms with Crippen LogP contribution in [0.25, 0.3) is 22.3 Å². The highest BCUT2D eigenvalue weighted by atomic mass is 19.3. The Balaban J connectivity index is 1.41. The third-order valence-corrected chi connectivity index (χ3v) is 6.92. The van der Waals surface area contributed by atoms with E-state index in [0.717, 1.165) is 12.1 Å². The Bertz CT molecular complexity index is 2030. The van der Waals surface area contributed by atoms with Gasteiger partial charge in [-0.05, 0) is 84.6 Å². The molecule has 240 valence electrons. The summed E-state index contributed by atoms with van der Waals surface area (Å²) >= 11 is 0. The van der Waals surface area contributed by atoms with Crippen molar-refractivity contribution in [1.29, 1.82) is 0 Å². The SMILES string of the molecule is Cc1ccc(-c2cc(F)c(C(F)(F)Oc3cc(C)c(C#Cc4cc(F)c(-c5cc(F)c(F)c(F)c5)c(F)c4)c(F)c3)c(F)c2)c(F)c1. The summed E-state index contributed by atoms with van der Waals surface area (Å²) in [5.41, 5.74) is -4.32. The highest BCUT2D eigenvalue weighted by Gasteiger charge is 2.41. The zero-order chi connectivity index (χ0) is 34.4. The fourth-order valence-corrected chi connectivity index (χ4v) is 4.75. The molecule has 0 saturated heterocycles. The van der Waals surface area contributed by atoms with E-state index in [1.54, 1.807) is 6.92 Å². The summed E-state index contributed by atoms with van der Waals surface area (Å²) in [6.07, 6.45) is -4.67. The van der Waals surface area contributed by atoms with E-state index in [1.807, 2.05) is 0 Å². The number of aryl methyl sites for hydroxylation is 2. The molecule has 0 saturated carbocycles. The van der Waals surface area contributed by atoms with Crippen LogP contribution in [0.1, 0.15) is 27.8 Å². The number of hydrogen-bond donors (Lipinski definition) is 0. The van der Waals surface area contributed by atoms with Gasteiger partial charge in [-0.25, -0.2) is 39.5 Å². The third kappa shape index (κ3) is 6.65. The van der Waals surface area contributed by atoms with Crippen molar-refractivity contribution in [3.8, 4) is 39.8 Å². The fourth-order valence-electron chi connectivity index (χ4n) is 4.75. The van der Waals surface area contributed by atoms with Gasteiger partial charge in [0.05, 0.1) is 11.1 Å². The van der Waals surface area contributed by atoms with Gasteiger partial charge in [-0.1, -0.05) is 24.0 Å². The maximum Gasteiger partial charge on any atom is 0.432 e. The van der Waals surface area contributed by atoms with Crippen molar-refractivity contribution in [2.45, 2.75) is 20.0 Å². The molecule has 0 fully saturated rings. The van der Waals surface area contributed by atoms with E-state index in [-0.39, 0.29) is 22.3 Å². The summed E-state index contributed by atoms with van der Waals surface area (Å²) in [6, 6.07) is 8.20. The molecule has 0 N–H and O–H groups in total. The van der Waals surface area contributed by atoms with Crippen molar-refractivity contribution in [2.75, 3.05) is 0 Å². The minimum Gasteiger partial charge on any atom is -0.429 e. The average Bonchev–Trinajstić information content (AvgIpc) is 2.94. The summed E-state index contributed by atoms with van der Waals surface area (Å²) < 4.78 is 163. The first-order valence-electron chi connectivity index (χ1n) is 13.3. The Kier molecular flexibility index (Phi) is 8.77. The Labute approximate surface area is 259 Å². The van der Waals surface area contributed by atoms with Crippen LogP contribution in [-0.2, 0) is 6.11 Å². The van der Waals surface area contributed by atoms with Gasteiger partial charge in [0.1, 0.15) is 46.2 Å².